The lowest BCUT2D eigenvalue weighted by atomic mass is 9.98. The predicted octanol–water partition coefficient (Wildman–Crippen LogP) is 6.83. The highest BCUT2D eigenvalue weighted by molar-refractivity contribution is 5.84. The van der Waals surface area contributed by atoms with Crippen molar-refractivity contribution < 1.29 is 0 Å². The zero-order chi connectivity index (χ0) is 16.9. The summed E-state index contributed by atoms with van der Waals surface area (Å²) in [6, 6.07) is 27.6. The van der Waals surface area contributed by atoms with Crippen LogP contribution in [0, 0.1) is 0 Å². The van der Waals surface area contributed by atoms with Gasteiger partial charge in [-0.25, -0.2) is 0 Å². The molecule has 4 rings (SSSR count). The van der Waals surface area contributed by atoms with Crippen LogP contribution in [-0.2, 0) is 0 Å². The first-order valence-corrected chi connectivity index (χ1v) is 8.79. The molecule has 0 spiro atoms. The summed E-state index contributed by atoms with van der Waals surface area (Å²) in [5, 5.41) is 3.57. The minimum absolute atomic E-state index is 1.10. The van der Waals surface area contributed by atoms with E-state index in [4.69, 9.17) is 0 Å². The van der Waals surface area contributed by atoms with E-state index in [1.54, 1.807) is 0 Å². The molecule has 0 heterocycles. The molecule has 0 saturated carbocycles. The van der Waals surface area contributed by atoms with Crippen LogP contribution in [0.25, 0.3) is 16.7 Å². The molecule has 0 radical (unpaired) electrons. The lowest BCUT2D eigenvalue weighted by molar-refractivity contribution is 1.04. The predicted molar refractivity (Wildman–Crippen MR) is 108 cm³/mol. The fourth-order valence-corrected chi connectivity index (χ4v) is 3.19. The van der Waals surface area contributed by atoms with Crippen LogP contribution in [0.3, 0.4) is 0 Å². The van der Waals surface area contributed by atoms with Gasteiger partial charge in [0.15, 0.2) is 0 Å². The average Bonchev–Trinajstić information content (AvgIpc) is 2.70. The van der Waals surface area contributed by atoms with Gasteiger partial charge in [-0.05, 0) is 47.7 Å². The maximum atomic E-state index is 3.57. The van der Waals surface area contributed by atoms with E-state index in [1.807, 2.05) is 6.07 Å². The Labute approximate surface area is 149 Å². The summed E-state index contributed by atoms with van der Waals surface area (Å²) < 4.78 is 0. The zero-order valence-electron chi connectivity index (χ0n) is 14.2. The number of benzene rings is 3. The van der Waals surface area contributed by atoms with E-state index >= 15 is 0 Å². The van der Waals surface area contributed by atoms with E-state index in [2.05, 4.69) is 96.3 Å². The molecule has 3 aromatic carbocycles. The van der Waals surface area contributed by atoms with Crippen LogP contribution in [0.5, 0.6) is 0 Å². The Morgan fingerprint density at radius 1 is 0.640 bits per heavy atom. The molecule has 1 N–H and O–H groups in total. The van der Waals surface area contributed by atoms with Gasteiger partial charge in [-0.15, -0.1) is 0 Å². The van der Waals surface area contributed by atoms with E-state index in [0.29, 0.717) is 0 Å². The first-order valence-electron chi connectivity index (χ1n) is 8.79. The molecule has 0 unspecified atom stereocenters. The van der Waals surface area contributed by atoms with Crippen LogP contribution in [0.2, 0.25) is 0 Å². The third-order valence-electron chi connectivity index (χ3n) is 4.50. The molecular weight excluding hydrogens is 302 g/mol. The third-order valence-corrected chi connectivity index (χ3v) is 4.50. The van der Waals surface area contributed by atoms with E-state index < -0.39 is 0 Å². The Morgan fingerprint density at radius 2 is 1.36 bits per heavy atom. The maximum Gasteiger partial charge on any atom is 0.0463 e. The number of anilines is 2. The van der Waals surface area contributed by atoms with Gasteiger partial charge in [-0.2, -0.15) is 0 Å². The van der Waals surface area contributed by atoms with Gasteiger partial charge in [-0.1, -0.05) is 78.9 Å². The second-order valence-corrected chi connectivity index (χ2v) is 6.25. The van der Waals surface area contributed by atoms with Crippen molar-refractivity contribution in [3.05, 3.63) is 103 Å². The minimum Gasteiger partial charge on any atom is -0.355 e. The number of hydrogen-bond acceptors (Lipinski definition) is 1. The summed E-state index contributed by atoms with van der Waals surface area (Å²) in [5.74, 6) is 0. The zero-order valence-corrected chi connectivity index (χ0v) is 14.2. The van der Waals surface area contributed by atoms with Gasteiger partial charge in [0.2, 0.25) is 0 Å². The largest absolute Gasteiger partial charge is 0.355 e. The first-order chi connectivity index (χ1) is 12.4. The van der Waals surface area contributed by atoms with Crippen molar-refractivity contribution in [2.45, 2.75) is 12.8 Å². The lowest BCUT2D eigenvalue weighted by Crippen LogP contribution is -1.96. The molecule has 0 aliphatic heterocycles. The molecule has 1 aliphatic rings. The van der Waals surface area contributed by atoms with Crippen molar-refractivity contribution in [1.82, 2.24) is 0 Å². The molecule has 3 aromatic rings. The lowest BCUT2D eigenvalue weighted by Gasteiger charge is -2.15. The first kappa shape index (κ1) is 15.5. The van der Waals surface area contributed by atoms with Crippen LogP contribution in [0.15, 0.2) is 97.1 Å². The maximum absolute atomic E-state index is 3.57. The molecule has 25 heavy (non-hydrogen) atoms. The normalized spacial score (nSPS) is 13.4. The van der Waals surface area contributed by atoms with Crippen molar-refractivity contribution in [3.8, 4) is 11.1 Å². The standard InChI is InChI=1S/C24H21N/c1-3-9-19(10-4-1)20-15-17-22(18-16-20)25-24-14-8-7-13-23(24)21-11-5-2-6-12-21/h1,3-5,7-18,25H,2,6H2. The highest BCUT2D eigenvalue weighted by atomic mass is 14.9. The van der Waals surface area contributed by atoms with Crippen molar-refractivity contribution in [2.24, 2.45) is 0 Å². The van der Waals surface area contributed by atoms with Gasteiger partial charge in [0, 0.05) is 16.9 Å². The summed E-state index contributed by atoms with van der Waals surface area (Å²) in [7, 11) is 0. The Kier molecular flexibility index (Phi) is 4.47. The Balaban J connectivity index is 1.59. The SMILES string of the molecule is C1=CC(c2ccccc2Nc2ccc(-c3ccccc3)cc2)=CCC1. The molecule has 1 heteroatoms. The summed E-state index contributed by atoms with van der Waals surface area (Å²) in [6.45, 7) is 0. The van der Waals surface area contributed by atoms with Crippen molar-refractivity contribution >= 4 is 16.9 Å². The third kappa shape index (κ3) is 3.56. The number of allylic oxidation sites excluding steroid dienone is 4. The van der Waals surface area contributed by atoms with Gasteiger partial charge in [0.25, 0.3) is 0 Å². The van der Waals surface area contributed by atoms with E-state index in [-0.39, 0.29) is 0 Å². The van der Waals surface area contributed by atoms with Crippen molar-refractivity contribution in [2.75, 3.05) is 5.32 Å². The fourth-order valence-electron chi connectivity index (χ4n) is 3.19. The van der Waals surface area contributed by atoms with E-state index in [0.717, 1.165) is 24.2 Å². The minimum atomic E-state index is 1.10. The smallest absolute Gasteiger partial charge is 0.0463 e. The van der Waals surface area contributed by atoms with Crippen LogP contribution in [0.4, 0.5) is 11.4 Å². The molecule has 0 saturated heterocycles. The van der Waals surface area contributed by atoms with Crippen LogP contribution in [0.1, 0.15) is 18.4 Å². The highest BCUT2D eigenvalue weighted by Gasteiger charge is 2.07. The van der Waals surface area contributed by atoms with Gasteiger partial charge in [0.1, 0.15) is 0 Å². The number of hydrogen-bond donors (Lipinski definition) is 1. The number of nitrogens with one attached hydrogen (secondary N) is 1. The van der Waals surface area contributed by atoms with E-state index in [9.17, 15) is 0 Å². The number of rotatable bonds is 4. The molecule has 1 nitrogen and oxygen atoms in total. The fraction of sp³-hybridized carbons (Fsp3) is 0.0833. The molecule has 0 amide bonds. The summed E-state index contributed by atoms with van der Waals surface area (Å²) in [5.41, 5.74) is 7.28. The Bertz CT molecular complexity index is 902. The summed E-state index contributed by atoms with van der Waals surface area (Å²) in [6.07, 6.45) is 9.05. The van der Waals surface area contributed by atoms with Crippen LogP contribution in [-0.4, -0.2) is 0 Å². The van der Waals surface area contributed by atoms with Gasteiger partial charge in [0.05, 0.1) is 0 Å². The number of para-hydroxylation sites is 1. The summed E-state index contributed by atoms with van der Waals surface area (Å²) in [4.78, 5) is 0. The Morgan fingerprint density at radius 3 is 2.12 bits per heavy atom. The van der Waals surface area contributed by atoms with Gasteiger partial charge >= 0.3 is 0 Å². The molecule has 0 atom stereocenters. The monoisotopic (exact) mass is 323 g/mol. The topological polar surface area (TPSA) is 12.0 Å². The van der Waals surface area contributed by atoms with Crippen molar-refractivity contribution in [3.63, 3.8) is 0 Å². The second-order valence-electron chi connectivity index (χ2n) is 6.25. The average molecular weight is 323 g/mol. The second kappa shape index (κ2) is 7.23. The van der Waals surface area contributed by atoms with Crippen LogP contribution >= 0.6 is 0 Å². The van der Waals surface area contributed by atoms with Gasteiger partial charge < -0.3 is 5.32 Å². The highest BCUT2D eigenvalue weighted by Crippen LogP contribution is 2.30. The molecule has 0 bridgehead atoms. The van der Waals surface area contributed by atoms with Gasteiger partial charge in [-0.3, -0.25) is 0 Å². The van der Waals surface area contributed by atoms with Crippen LogP contribution < -0.4 is 5.32 Å². The molecule has 0 fully saturated rings. The molecule has 1 aliphatic carbocycles. The quantitative estimate of drug-likeness (QED) is 0.555. The van der Waals surface area contributed by atoms with E-state index in [1.165, 1.54) is 22.3 Å². The Hall–Kier alpha value is -3.06. The molecule has 122 valence electrons. The molecular formula is C24H21N. The molecule has 0 aromatic heterocycles. The summed E-state index contributed by atoms with van der Waals surface area (Å²) >= 11 is 0. The van der Waals surface area contributed by atoms with Crippen molar-refractivity contribution in [1.29, 1.82) is 0 Å².